The number of hydrogen-bond donors (Lipinski definition) is 1. The van der Waals surface area contributed by atoms with E-state index in [9.17, 15) is 4.79 Å². The summed E-state index contributed by atoms with van der Waals surface area (Å²) in [6.07, 6.45) is 3.16. The Labute approximate surface area is 99.4 Å². The number of hydrogen-bond acceptors (Lipinski definition) is 2. The first kappa shape index (κ1) is 13.5. The molecule has 0 aliphatic carbocycles. The SMILES string of the molecule is CC1CCCN1C(=O)C(CN)CC(C)(C)C. The van der Waals surface area contributed by atoms with Crippen LogP contribution in [0.2, 0.25) is 0 Å². The largest absolute Gasteiger partial charge is 0.340 e. The first-order valence-electron chi connectivity index (χ1n) is 6.35. The van der Waals surface area contributed by atoms with Gasteiger partial charge in [0.25, 0.3) is 0 Å². The van der Waals surface area contributed by atoms with Crippen LogP contribution in [0, 0.1) is 11.3 Å². The number of carbonyl (C=O) groups excluding carboxylic acids is 1. The smallest absolute Gasteiger partial charge is 0.227 e. The van der Waals surface area contributed by atoms with E-state index in [4.69, 9.17) is 5.73 Å². The molecule has 2 unspecified atom stereocenters. The summed E-state index contributed by atoms with van der Waals surface area (Å²) in [6, 6.07) is 0.404. The molecule has 1 heterocycles. The number of amides is 1. The fourth-order valence-corrected chi connectivity index (χ4v) is 2.51. The lowest BCUT2D eigenvalue weighted by molar-refractivity contribution is -0.136. The second-order valence-corrected chi connectivity index (χ2v) is 6.22. The minimum Gasteiger partial charge on any atom is -0.340 e. The minimum atomic E-state index is 0.000509. The summed E-state index contributed by atoms with van der Waals surface area (Å²) in [5.74, 6) is 0.267. The van der Waals surface area contributed by atoms with E-state index < -0.39 is 0 Å². The molecule has 16 heavy (non-hydrogen) atoms. The van der Waals surface area contributed by atoms with Gasteiger partial charge in [-0.3, -0.25) is 4.79 Å². The summed E-state index contributed by atoms with van der Waals surface area (Å²) in [5.41, 5.74) is 5.92. The number of likely N-dealkylation sites (tertiary alicyclic amines) is 1. The lowest BCUT2D eigenvalue weighted by Crippen LogP contribution is -2.42. The molecule has 0 aromatic carbocycles. The molecule has 2 N–H and O–H groups in total. The van der Waals surface area contributed by atoms with Gasteiger partial charge in [0.1, 0.15) is 0 Å². The zero-order valence-electron chi connectivity index (χ0n) is 11.1. The van der Waals surface area contributed by atoms with Crippen molar-refractivity contribution in [3.8, 4) is 0 Å². The molecule has 1 aliphatic heterocycles. The molecule has 3 nitrogen and oxygen atoms in total. The fourth-order valence-electron chi connectivity index (χ4n) is 2.51. The molecule has 1 saturated heterocycles. The van der Waals surface area contributed by atoms with E-state index in [1.807, 2.05) is 4.90 Å². The van der Waals surface area contributed by atoms with E-state index >= 15 is 0 Å². The van der Waals surface area contributed by atoms with Crippen molar-refractivity contribution in [2.45, 2.75) is 53.0 Å². The highest BCUT2D eigenvalue weighted by atomic mass is 16.2. The highest BCUT2D eigenvalue weighted by Crippen LogP contribution is 2.27. The van der Waals surface area contributed by atoms with Gasteiger partial charge >= 0.3 is 0 Å². The Morgan fingerprint density at radius 2 is 2.12 bits per heavy atom. The van der Waals surface area contributed by atoms with Gasteiger partial charge in [0, 0.05) is 19.1 Å². The molecule has 0 radical (unpaired) electrons. The number of rotatable bonds is 3. The zero-order valence-corrected chi connectivity index (χ0v) is 11.1. The molecule has 2 atom stereocenters. The second-order valence-electron chi connectivity index (χ2n) is 6.22. The highest BCUT2D eigenvalue weighted by molar-refractivity contribution is 5.79. The van der Waals surface area contributed by atoms with E-state index in [0.717, 1.165) is 25.8 Å². The first-order valence-corrected chi connectivity index (χ1v) is 6.35. The summed E-state index contributed by atoms with van der Waals surface area (Å²) >= 11 is 0. The van der Waals surface area contributed by atoms with Gasteiger partial charge in [0.05, 0.1) is 5.92 Å². The third kappa shape index (κ3) is 3.48. The van der Waals surface area contributed by atoms with Crippen LogP contribution < -0.4 is 5.73 Å². The zero-order chi connectivity index (χ0) is 12.3. The summed E-state index contributed by atoms with van der Waals surface area (Å²) in [6.45, 7) is 10.0. The average Bonchev–Trinajstić information content (AvgIpc) is 2.58. The van der Waals surface area contributed by atoms with Gasteiger partial charge in [-0.05, 0) is 31.6 Å². The molecular formula is C13H26N2O. The van der Waals surface area contributed by atoms with Crippen LogP contribution in [0.4, 0.5) is 0 Å². The summed E-state index contributed by atoms with van der Waals surface area (Å²) in [4.78, 5) is 14.3. The van der Waals surface area contributed by atoms with Gasteiger partial charge in [-0.15, -0.1) is 0 Å². The maximum atomic E-state index is 12.3. The Morgan fingerprint density at radius 3 is 2.50 bits per heavy atom. The summed E-state index contributed by atoms with van der Waals surface area (Å²) in [5, 5.41) is 0. The lowest BCUT2D eigenvalue weighted by atomic mass is 9.84. The maximum absolute atomic E-state index is 12.3. The minimum absolute atomic E-state index is 0.000509. The van der Waals surface area contributed by atoms with Crippen LogP contribution in [0.15, 0.2) is 0 Å². The quantitative estimate of drug-likeness (QED) is 0.800. The molecule has 0 bridgehead atoms. The maximum Gasteiger partial charge on any atom is 0.227 e. The molecule has 1 amide bonds. The Morgan fingerprint density at radius 1 is 1.50 bits per heavy atom. The molecule has 0 spiro atoms. The Bertz CT molecular complexity index is 245. The van der Waals surface area contributed by atoms with Crippen molar-refractivity contribution in [3.05, 3.63) is 0 Å². The molecule has 0 aromatic rings. The first-order chi connectivity index (χ1) is 7.35. The molecule has 1 rings (SSSR count). The Balaban J connectivity index is 2.62. The van der Waals surface area contributed by atoms with Gasteiger partial charge in [-0.25, -0.2) is 0 Å². The van der Waals surface area contributed by atoms with Crippen LogP contribution in [0.5, 0.6) is 0 Å². The van der Waals surface area contributed by atoms with E-state index in [0.29, 0.717) is 12.6 Å². The van der Waals surface area contributed by atoms with Crippen molar-refractivity contribution in [2.75, 3.05) is 13.1 Å². The summed E-state index contributed by atoms with van der Waals surface area (Å²) < 4.78 is 0. The fraction of sp³-hybridized carbons (Fsp3) is 0.923. The number of nitrogens with zero attached hydrogens (tertiary/aromatic N) is 1. The van der Waals surface area contributed by atoms with Gasteiger partial charge in [-0.2, -0.15) is 0 Å². The standard InChI is InChI=1S/C13H26N2O/c1-10-6-5-7-15(10)12(16)11(9-14)8-13(2,3)4/h10-11H,5-9,14H2,1-4H3. The van der Waals surface area contributed by atoms with Crippen molar-refractivity contribution in [1.29, 1.82) is 0 Å². The molecule has 0 saturated carbocycles. The van der Waals surface area contributed by atoms with E-state index in [2.05, 4.69) is 27.7 Å². The third-order valence-electron chi connectivity index (χ3n) is 3.33. The predicted molar refractivity (Wildman–Crippen MR) is 67.0 cm³/mol. The van der Waals surface area contributed by atoms with Crippen molar-refractivity contribution in [3.63, 3.8) is 0 Å². The van der Waals surface area contributed by atoms with Crippen LogP contribution in [0.25, 0.3) is 0 Å². The molecule has 1 aliphatic rings. The highest BCUT2D eigenvalue weighted by Gasteiger charge is 2.32. The Kier molecular flexibility index (Phi) is 4.36. The monoisotopic (exact) mass is 226 g/mol. The average molecular weight is 226 g/mol. The van der Waals surface area contributed by atoms with Crippen LogP contribution >= 0.6 is 0 Å². The van der Waals surface area contributed by atoms with Crippen LogP contribution in [-0.2, 0) is 4.79 Å². The van der Waals surface area contributed by atoms with Gasteiger partial charge in [0.15, 0.2) is 0 Å². The van der Waals surface area contributed by atoms with Crippen molar-refractivity contribution < 1.29 is 4.79 Å². The number of nitrogens with two attached hydrogens (primary N) is 1. The molecule has 94 valence electrons. The topological polar surface area (TPSA) is 46.3 Å². The van der Waals surface area contributed by atoms with Crippen LogP contribution in [-0.4, -0.2) is 29.9 Å². The van der Waals surface area contributed by atoms with Crippen molar-refractivity contribution in [1.82, 2.24) is 4.90 Å². The van der Waals surface area contributed by atoms with Crippen molar-refractivity contribution in [2.24, 2.45) is 17.1 Å². The number of carbonyl (C=O) groups is 1. The normalized spacial score (nSPS) is 23.6. The Hall–Kier alpha value is -0.570. The van der Waals surface area contributed by atoms with Gasteiger partial charge < -0.3 is 10.6 Å². The second kappa shape index (κ2) is 5.17. The van der Waals surface area contributed by atoms with E-state index in [1.54, 1.807) is 0 Å². The van der Waals surface area contributed by atoms with Crippen LogP contribution in [0.3, 0.4) is 0 Å². The van der Waals surface area contributed by atoms with Crippen LogP contribution in [0.1, 0.15) is 47.0 Å². The van der Waals surface area contributed by atoms with Crippen molar-refractivity contribution >= 4 is 5.91 Å². The third-order valence-corrected chi connectivity index (χ3v) is 3.33. The predicted octanol–water partition coefficient (Wildman–Crippen LogP) is 2.01. The van der Waals surface area contributed by atoms with E-state index in [-0.39, 0.29) is 17.2 Å². The molecular weight excluding hydrogens is 200 g/mol. The van der Waals surface area contributed by atoms with Gasteiger partial charge in [0.2, 0.25) is 5.91 Å². The van der Waals surface area contributed by atoms with E-state index in [1.165, 1.54) is 0 Å². The summed E-state index contributed by atoms with van der Waals surface area (Å²) in [7, 11) is 0. The molecule has 0 aromatic heterocycles. The van der Waals surface area contributed by atoms with Gasteiger partial charge in [-0.1, -0.05) is 20.8 Å². The molecule has 3 heteroatoms. The molecule has 1 fully saturated rings. The lowest BCUT2D eigenvalue weighted by Gasteiger charge is -2.30.